The largest absolute Gasteiger partial charge is 0.506 e. The van der Waals surface area contributed by atoms with Crippen molar-refractivity contribution in [1.29, 1.82) is 0 Å². The Morgan fingerprint density at radius 3 is 2.88 bits per heavy atom. The molecule has 0 aliphatic carbocycles. The van der Waals surface area contributed by atoms with Gasteiger partial charge in [0.05, 0.1) is 17.2 Å². The van der Waals surface area contributed by atoms with Crippen LogP contribution in [0.15, 0.2) is 10.5 Å². The molecule has 1 aromatic carbocycles. The normalized spacial score (nSPS) is 21.1. The van der Waals surface area contributed by atoms with Crippen LogP contribution in [-0.4, -0.2) is 24.8 Å². The summed E-state index contributed by atoms with van der Waals surface area (Å²) in [4.78, 5) is 0. The molecule has 0 bridgehead atoms. The Kier molecular flexibility index (Phi) is 3.52. The van der Waals surface area contributed by atoms with E-state index < -0.39 is 0 Å². The molecule has 1 aromatic rings. The van der Waals surface area contributed by atoms with E-state index in [0.717, 1.165) is 34.3 Å². The number of nitrogens with one attached hydrogen (secondary N) is 1. The van der Waals surface area contributed by atoms with E-state index in [1.54, 1.807) is 0 Å². The predicted octanol–water partition coefficient (Wildman–Crippen LogP) is 2.43. The Bertz CT molecular complexity index is 374. The van der Waals surface area contributed by atoms with Crippen LogP contribution in [0.4, 0.5) is 0 Å². The Morgan fingerprint density at radius 1 is 1.50 bits per heavy atom. The molecule has 0 spiro atoms. The number of rotatable bonds is 1. The van der Waals surface area contributed by atoms with Gasteiger partial charge in [0, 0.05) is 18.7 Å². The fourth-order valence-corrected chi connectivity index (χ4v) is 2.59. The van der Waals surface area contributed by atoms with Crippen LogP contribution in [0.1, 0.15) is 22.8 Å². The molecule has 88 valence electrons. The van der Waals surface area contributed by atoms with Gasteiger partial charge in [-0.2, -0.15) is 0 Å². The van der Waals surface area contributed by atoms with Crippen molar-refractivity contribution in [2.75, 3.05) is 19.7 Å². The summed E-state index contributed by atoms with van der Waals surface area (Å²) in [5.74, 6) is 0.303. The first kappa shape index (κ1) is 11.9. The lowest BCUT2D eigenvalue weighted by molar-refractivity contribution is 0.0258. The Hall–Kier alpha value is -0.580. The zero-order valence-corrected chi connectivity index (χ0v) is 11.1. The first-order valence-electron chi connectivity index (χ1n) is 5.42. The van der Waals surface area contributed by atoms with Crippen LogP contribution in [0.2, 0.25) is 0 Å². The van der Waals surface area contributed by atoms with Crippen molar-refractivity contribution >= 4 is 15.9 Å². The number of aryl methyl sites for hydroxylation is 1. The molecule has 0 saturated carbocycles. The van der Waals surface area contributed by atoms with Crippen molar-refractivity contribution in [2.45, 2.75) is 20.0 Å². The summed E-state index contributed by atoms with van der Waals surface area (Å²) in [5, 5.41) is 13.4. The number of halogens is 1. The third-order valence-electron chi connectivity index (χ3n) is 3.07. The van der Waals surface area contributed by atoms with Crippen molar-refractivity contribution in [2.24, 2.45) is 0 Å². The van der Waals surface area contributed by atoms with E-state index >= 15 is 0 Å². The first-order valence-corrected chi connectivity index (χ1v) is 6.21. The van der Waals surface area contributed by atoms with Crippen molar-refractivity contribution in [3.05, 3.63) is 27.2 Å². The van der Waals surface area contributed by atoms with Gasteiger partial charge in [0.1, 0.15) is 5.75 Å². The monoisotopic (exact) mass is 285 g/mol. The molecule has 1 atom stereocenters. The number of phenolic OH excluding ortho intramolecular Hbond substituents is 1. The van der Waals surface area contributed by atoms with Gasteiger partial charge in [-0.05, 0) is 47.0 Å². The minimum absolute atomic E-state index is 0.0510. The van der Waals surface area contributed by atoms with Crippen molar-refractivity contribution in [3.63, 3.8) is 0 Å². The van der Waals surface area contributed by atoms with E-state index in [9.17, 15) is 5.11 Å². The molecule has 1 fully saturated rings. The van der Waals surface area contributed by atoms with Gasteiger partial charge < -0.3 is 15.2 Å². The second kappa shape index (κ2) is 4.73. The van der Waals surface area contributed by atoms with E-state index in [1.807, 2.05) is 19.9 Å². The molecule has 2 N–H and O–H groups in total. The summed E-state index contributed by atoms with van der Waals surface area (Å²) >= 11 is 3.37. The van der Waals surface area contributed by atoms with Crippen molar-refractivity contribution < 1.29 is 9.84 Å². The van der Waals surface area contributed by atoms with Gasteiger partial charge in [-0.15, -0.1) is 0 Å². The smallest absolute Gasteiger partial charge is 0.135 e. The number of phenols is 1. The molecule has 0 amide bonds. The highest BCUT2D eigenvalue weighted by atomic mass is 79.9. The molecular formula is C12H16BrNO2. The van der Waals surface area contributed by atoms with Crippen molar-refractivity contribution in [3.8, 4) is 5.75 Å². The fraction of sp³-hybridized carbons (Fsp3) is 0.500. The lowest BCUT2D eigenvalue weighted by atomic mass is 9.97. The van der Waals surface area contributed by atoms with Crippen LogP contribution in [0, 0.1) is 13.8 Å². The second-order valence-corrected chi connectivity index (χ2v) is 4.98. The van der Waals surface area contributed by atoms with Gasteiger partial charge in [-0.3, -0.25) is 0 Å². The second-order valence-electron chi connectivity index (χ2n) is 4.13. The van der Waals surface area contributed by atoms with E-state index in [-0.39, 0.29) is 6.10 Å². The number of hydrogen-bond acceptors (Lipinski definition) is 3. The SMILES string of the molecule is Cc1cc(Br)c(O)c(C2CNCCO2)c1C. The molecule has 1 saturated heterocycles. The lowest BCUT2D eigenvalue weighted by Crippen LogP contribution is -2.33. The number of benzene rings is 1. The van der Waals surface area contributed by atoms with E-state index in [1.165, 1.54) is 0 Å². The maximum atomic E-state index is 10.1. The topological polar surface area (TPSA) is 41.5 Å². The summed E-state index contributed by atoms with van der Waals surface area (Å²) in [6.45, 7) is 6.39. The lowest BCUT2D eigenvalue weighted by Gasteiger charge is -2.27. The summed E-state index contributed by atoms with van der Waals surface area (Å²) < 4.78 is 6.43. The van der Waals surface area contributed by atoms with Crippen LogP contribution in [0.3, 0.4) is 0 Å². The maximum Gasteiger partial charge on any atom is 0.135 e. The number of ether oxygens (including phenoxy) is 1. The van der Waals surface area contributed by atoms with Crippen LogP contribution < -0.4 is 5.32 Å². The zero-order valence-electron chi connectivity index (χ0n) is 9.51. The van der Waals surface area contributed by atoms with E-state index in [4.69, 9.17) is 4.74 Å². The number of aromatic hydroxyl groups is 1. The highest BCUT2D eigenvalue weighted by Gasteiger charge is 2.23. The van der Waals surface area contributed by atoms with Gasteiger partial charge in [0.15, 0.2) is 0 Å². The number of hydrogen-bond donors (Lipinski definition) is 2. The van der Waals surface area contributed by atoms with Gasteiger partial charge >= 0.3 is 0 Å². The maximum absolute atomic E-state index is 10.1. The van der Waals surface area contributed by atoms with E-state index in [2.05, 4.69) is 21.2 Å². The van der Waals surface area contributed by atoms with Crippen LogP contribution in [0.25, 0.3) is 0 Å². The summed E-state index contributed by atoms with van der Waals surface area (Å²) in [5.41, 5.74) is 3.17. The van der Waals surface area contributed by atoms with Crippen molar-refractivity contribution in [1.82, 2.24) is 5.32 Å². The summed E-state index contributed by atoms with van der Waals surface area (Å²) in [7, 11) is 0. The van der Waals surface area contributed by atoms with Gasteiger partial charge in [-0.1, -0.05) is 0 Å². The molecule has 1 aliphatic heterocycles. The van der Waals surface area contributed by atoms with Crippen LogP contribution >= 0.6 is 15.9 Å². The van der Waals surface area contributed by atoms with Crippen LogP contribution in [-0.2, 0) is 4.74 Å². The number of morpholine rings is 1. The Balaban J connectivity index is 2.45. The van der Waals surface area contributed by atoms with Crippen LogP contribution in [0.5, 0.6) is 5.75 Å². The quantitative estimate of drug-likeness (QED) is 0.833. The van der Waals surface area contributed by atoms with Gasteiger partial charge in [0.2, 0.25) is 0 Å². The minimum Gasteiger partial charge on any atom is -0.506 e. The molecule has 0 radical (unpaired) electrons. The molecule has 1 heterocycles. The predicted molar refractivity (Wildman–Crippen MR) is 66.8 cm³/mol. The average molecular weight is 286 g/mol. The molecule has 1 unspecified atom stereocenters. The Labute approximate surface area is 104 Å². The molecule has 3 nitrogen and oxygen atoms in total. The molecule has 1 aliphatic rings. The summed E-state index contributed by atoms with van der Waals surface area (Å²) in [6.07, 6.45) is -0.0510. The first-order chi connectivity index (χ1) is 7.61. The summed E-state index contributed by atoms with van der Waals surface area (Å²) in [6, 6.07) is 1.93. The highest BCUT2D eigenvalue weighted by Crippen LogP contribution is 2.38. The van der Waals surface area contributed by atoms with Gasteiger partial charge in [-0.25, -0.2) is 0 Å². The van der Waals surface area contributed by atoms with Gasteiger partial charge in [0.25, 0.3) is 0 Å². The zero-order chi connectivity index (χ0) is 11.7. The minimum atomic E-state index is -0.0510. The molecule has 0 aromatic heterocycles. The average Bonchev–Trinajstić information content (AvgIpc) is 2.28. The Morgan fingerprint density at radius 2 is 2.25 bits per heavy atom. The molecular weight excluding hydrogens is 270 g/mol. The molecule has 2 rings (SSSR count). The fourth-order valence-electron chi connectivity index (χ4n) is 2.03. The third kappa shape index (κ3) is 2.10. The standard InChI is InChI=1S/C12H16BrNO2/c1-7-5-9(13)12(15)11(8(7)2)10-6-14-3-4-16-10/h5,10,14-15H,3-4,6H2,1-2H3. The molecule has 4 heteroatoms. The highest BCUT2D eigenvalue weighted by molar-refractivity contribution is 9.10. The molecule has 16 heavy (non-hydrogen) atoms. The third-order valence-corrected chi connectivity index (χ3v) is 3.67. The van der Waals surface area contributed by atoms with E-state index in [0.29, 0.717) is 12.4 Å².